The molecule has 0 aromatic heterocycles. The molecule has 0 aliphatic carbocycles. The number of benzene rings is 2. The quantitative estimate of drug-likeness (QED) is 0.206. The van der Waals surface area contributed by atoms with Gasteiger partial charge in [-0.1, -0.05) is 32.9 Å². The van der Waals surface area contributed by atoms with Crippen molar-refractivity contribution in [2.24, 2.45) is 0 Å². The van der Waals surface area contributed by atoms with E-state index in [1.807, 2.05) is 41.5 Å². The summed E-state index contributed by atoms with van der Waals surface area (Å²) in [6, 6.07) is 10.1. The number of carbonyl (C=O) groups is 2. The summed E-state index contributed by atoms with van der Waals surface area (Å²) in [5.41, 5.74) is 1.52. The number of ketones is 1. The highest BCUT2D eigenvalue weighted by Gasteiger charge is 2.45. The average molecular weight is 498 g/mol. The van der Waals surface area contributed by atoms with Crippen LogP contribution in [0.2, 0.25) is 0 Å². The minimum atomic E-state index is -0.839. The molecule has 3 rings (SSSR count). The lowest BCUT2D eigenvalue weighted by Gasteiger charge is -2.26. The van der Waals surface area contributed by atoms with Crippen LogP contribution in [-0.4, -0.2) is 47.6 Å². The molecule has 36 heavy (non-hydrogen) atoms. The van der Waals surface area contributed by atoms with Gasteiger partial charge in [-0.15, -0.1) is 0 Å². The third-order valence-corrected chi connectivity index (χ3v) is 6.08. The van der Waals surface area contributed by atoms with E-state index in [1.165, 1.54) is 29.2 Å². The lowest BCUT2D eigenvalue weighted by atomic mass is 9.84. The van der Waals surface area contributed by atoms with Crippen molar-refractivity contribution in [3.05, 3.63) is 70.5 Å². The van der Waals surface area contributed by atoms with Gasteiger partial charge in [0, 0.05) is 24.3 Å². The molecule has 1 aliphatic rings. The van der Waals surface area contributed by atoms with Crippen LogP contribution in [0.5, 0.6) is 5.75 Å². The molecule has 1 atom stereocenters. The Morgan fingerprint density at radius 1 is 1.11 bits per heavy atom. The molecule has 2 aromatic carbocycles. The third kappa shape index (κ3) is 5.95. The van der Waals surface area contributed by atoms with E-state index in [4.69, 9.17) is 9.47 Å². The number of Topliss-reactive ketones (excluding diaryl/α,β-unsaturated/α-hetero) is 1. The van der Waals surface area contributed by atoms with Gasteiger partial charge in [0.25, 0.3) is 11.7 Å². The predicted molar refractivity (Wildman–Crippen MR) is 137 cm³/mol. The Bertz CT molecular complexity index is 1130. The van der Waals surface area contributed by atoms with Gasteiger partial charge in [0.05, 0.1) is 24.3 Å². The van der Waals surface area contributed by atoms with E-state index in [0.717, 1.165) is 5.56 Å². The van der Waals surface area contributed by atoms with Crippen LogP contribution in [0.1, 0.15) is 70.7 Å². The highest BCUT2D eigenvalue weighted by atomic mass is 19.1. The zero-order valence-corrected chi connectivity index (χ0v) is 21.9. The van der Waals surface area contributed by atoms with Gasteiger partial charge in [0.1, 0.15) is 17.3 Å². The number of nitrogens with zero attached hydrogens (tertiary/aromatic N) is 1. The number of aliphatic hydroxyl groups is 1. The summed E-state index contributed by atoms with van der Waals surface area (Å²) in [6.45, 7) is 13.0. The van der Waals surface area contributed by atoms with Crippen LogP contribution in [0, 0.1) is 5.82 Å². The Labute approximate surface area is 212 Å². The molecule has 2 aromatic rings. The molecule has 0 bridgehead atoms. The molecule has 7 heteroatoms. The van der Waals surface area contributed by atoms with Gasteiger partial charge in [-0.25, -0.2) is 4.39 Å². The number of halogens is 1. The van der Waals surface area contributed by atoms with Crippen molar-refractivity contribution in [2.75, 3.05) is 19.8 Å². The van der Waals surface area contributed by atoms with E-state index in [2.05, 4.69) is 0 Å². The second-order valence-electron chi connectivity index (χ2n) is 10.2. The molecule has 1 saturated heterocycles. The van der Waals surface area contributed by atoms with Crippen molar-refractivity contribution in [1.82, 2.24) is 4.90 Å². The SMILES string of the molecule is CCOc1ccc(/C(O)=C2/C(=O)C(=O)N(CCCOC(C)C)C2c2ccc(F)cc2)cc1C(C)(C)C. The lowest BCUT2D eigenvalue weighted by Crippen LogP contribution is -2.31. The number of rotatable bonds is 9. The minimum absolute atomic E-state index is 0.0135. The average Bonchev–Trinajstić information content (AvgIpc) is 3.06. The van der Waals surface area contributed by atoms with Gasteiger partial charge in [-0.3, -0.25) is 9.59 Å². The number of aliphatic hydroxyl groups excluding tert-OH is 1. The van der Waals surface area contributed by atoms with Gasteiger partial charge in [-0.2, -0.15) is 0 Å². The molecule has 1 unspecified atom stereocenters. The van der Waals surface area contributed by atoms with Crippen LogP contribution in [0.25, 0.3) is 5.76 Å². The number of hydrogen-bond acceptors (Lipinski definition) is 5. The van der Waals surface area contributed by atoms with Gasteiger partial charge >= 0.3 is 0 Å². The summed E-state index contributed by atoms with van der Waals surface area (Å²) in [5, 5.41) is 11.4. The van der Waals surface area contributed by atoms with Gasteiger partial charge in [0.15, 0.2) is 0 Å². The molecule has 194 valence electrons. The van der Waals surface area contributed by atoms with Gasteiger partial charge in [0.2, 0.25) is 0 Å². The number of ether oxygens (including phenoxy) is 2. The Morgan fingerprint density at radius 2 is 1.78 bits per heavy atom. The second-order valence-corrected chi connectivity index (χ2v) is 10.2. The summed E-state index contributed by atoms with van der Waals surface area (Å²) in [6.07, 6.45) is 0.560. The highest BCUT2D eigenvalue weighted by Crippen LogP contribution is 2.41. The van der Waals surface area contributed by atoms with E-state index < -0.39 is 23.5 Å². The maximum Gasteiger partial charge on any atom is 0.295 e. The van der Waals surface area contributed by atoms with Crippen molar-refractivity contribution in [3.8, 4) is 5.75 Å². The van der Waals surface area contributed by atoms with E-state index in [0.29, 0.717) is 36.5 Å². The highest BCUT2D eigenvalue weighted by molar-refractivity contribution is 6.46. The van der Waals surface area contributed by atoms with Crippen molar-refractivity contribution < 1.29 is 28.6 Å². The third-order valence-electron chi connectivity index (χ3n) is 6.08. The van der Waals surface area contributed by atoms with Gasteiger partial charge in [-0.05, 0) is 68.5 Å². The first-order chi connectivity index (χ1) is 17.0. The molecule has 1 N–H and O–H groups in total. The molecule has 1 fully saturated rings. The predicted octanol–water partition coefficient (Wildman–Crippen LogP) is 5.76. The van der Waals surface area contributed by atoms with Crippen molar-refractivity contribution in [3.63, 3.8) is 0 Å². The number of likely N-dealkylation sites (tertiary alicyclic amines) is 1. The van der Waals surface area contributed by atoms with E-state index in [1.54, 1.807) is 18.2 Å². The summed E-state index contributed by atoms with van der Waals surface area (Å²) < 4.78 is 25.1. The van der Waals surface area contributed by atoms with Crippen LogP contribution in [0.15, 0.2) is 48.0 Å². The molecular weight excluding hydrogens is 461 g/mol. The normalized spacial score (nSPS) is 17.8. The molecular formula is C29H36FNO5. The first-order valence-corrected chi connectivity index (χ1v) is 12.4. The molecule has 6 nitrogen and oxygen atoms in total. The molecule has 0 saturated carbocycles. The Kier molecular flexibility index (Phi) is 8.56. The fraction of sp³-hybridized carbons (Fsp3) is 0.448. The van der Waals surface area contributed by atoms with E-state index >= 15 is 0 Å². The Morgan fingerprint density at radius 3 is 2.36 bits per heavy atom. The smallest absolute Gasteiger partial charge is 0.295 e. The zero-order chi connectivity index (χ0) is 26.6. The van der Waals surface area contributed by atoms with Crippen LogP contribution in [0.4, 0.5) is 4.39 Å². The van der Waals surface area contributed by atoms with Crippen LogP contribution in [0.3, 0.4) is 0 Å². The summed E-state index contributed by atoms with van der Waals surface area (Å²) in [7, 11) is 0. The fourth-order valence-corrected chi connectivity index (χ4v) is 4.36. The number of amides is 1. The number of hydrogen-bond donors (Lipinski definition) is 1. The molecule has 0 spiro atoms. The van der Waals surface area contributed by atoms with E-state index in [9.17, 15) is 19.1 Å². The van der Waals surface area contributed by atoms with Crippen molar-refractivity contribution >= 4 is 17.4 Å². The second kappa shape index (κ2) is 11.2. The largest absolute Gasteiger partial charge is 0.507 e. The van der Waals surface area contributed by atoms with Crippen molar-refractivity contribution in [2.45, 2.75) is 65.5 Å². The summed E-state index contributed by atoms with van der Waals surface area (Å²) in [5.74, 6) is -1.46. The monoisotopic (exact) mass is 497 g/mol. The van der Waals surface area contributed by atoms with E-state index in [-0.39, 0.29) is 29.4 Å². The zero-order valence-electron chi connectivity index (χ0n) is 21.9. The minimum Gasteiger partial charge on any atom is -0.507 e. The lowest BCUT2D eigenvalue weighted by molar-refractivity contribution is -0.140. The van der Waals surface area contributed by atoms with Crippen molar-refractivity contribution in [1.29, 1.82) is 0 Å². The maximum atomic E-state index is 13.7. The van der Waals surface area contributed by atoms with Gasteiger partial charge < -0.3 is 19.5 Å². The Hall–Kier alpha value is -3.19. The Balaban J connectivity index is 2.11. The van der Waals surface area contributed by atoms with Crippen LogP contribution in [-0.2, 0) is 19.7 Å². The molecule has 1 heterocycles. The number of carbonyl (C=O) groups excluding carboxylic acids is 2. The molecule has 0 radical (unpaired) electrons. The summed E-state index contributed by atoms with van der Waals surface area (Å²) in [4.78, 5) is 27.8. The van der Waals surface area contributed by atoms with Crippen LogP contribution < -0.4 is 4.74 Å². The summed E-state index contributed by atoms with van der Waals surface area (Å²) >= 11 is 0. The first kappa shape index (κ1) is 27.4. The standard InChI is InChI=1S/C29H36FNO5/c1-7-35-23-14-11-20(17-22(23)29(4,5)6)26(32)24-25(19-9-12-21(30)13-10-19)31(28(34)27(24)33)15-8-16-36-18(2)3/h9-14,17-18,25,32H,7-8,15-16H2,1-6H3/b26-24-. The maximum absolute atomic E-state index is 13.7. The molecule has 1 aliphatic heterocycles. The fourth-order valence-electron chi connectivity index (χ4n) is 4.36. The first-order valence-electron chi connectivity index (χ1n) is 12.4. The molecule has 1 amide bonds. The van der Waals surface area contributed by atoms with Crippen LogP contribution >= 0.6 is 0 Å². The topological polar surface area (TPSA) is 76.1 Å².